The summed E-state index contributed by atoms with van der Waals surface area (Å²) in [5.74, 6) is 0.849. The van der Waals surface area contributed by atoms with E-state index < -0.39 is 0 Å². The van der Waals surface area contributed by atoms with Crippen molar-refractivity contribution < 1.29 is 24.1 Å². The molecule has 0 unspecified atom stereocenters. The molecule has 0 saturated heterocycles. The molecule has 0 bridgehead atoms. The molecule has 0 aliphatic heterocycles. The fourth-order valence-corrected chi connectivity index (χ4v) is 2.44. The summed E-state index contributed by atoms with van der Waals surface area (Å²) >= 11 is 0. The topological polar surface area (TPSA) is 65.0 Å². The summed E-state index contributed by atoms with van der Waals surface area (Å²) in [6, 6.07) is 5.13. The Morgan fingerprint density at radius 2 is 1.68 bits per heavy atom. The highest BCUT2D eigenvalue weighted by atomic mass is 16.5. The first-order valence-electron chi connectivity index (χ1n) is 9.31. The summed E-state index contributed by atoms with van der Waals surface area (Å²) in [6.07, 6.45) is 8.08. The minimum atomic E-state index is -0.352. The van der Waals surface area contributed by atoms with Crippen LogP contribution in [0.4, 0.5) is 0 Å². The fraction of sp³-hybridized carbons (Fsp3) is 0.650. The molecular weight excluding hydrogens is 320 g/mol. The van der Waals surface area contributed by atoms with E-state index >= 15 is 0 Å². The van der Waals surface area contributed by atoms with Gasteiger partial charge in [-0.3, -0.25) is 0 Å². The van der Waals surface area contributed by atoms with Crippen LogP contribution in [0.5, 0.6) is 11.5 Å². The lowest BCUT2D eigenvalue weighted by Gasteiger charge is -2.12. The summed E-state index contributed by atoms with van der Waals surface area (Å²) in [5, 5.41) is 8.72. The third kappa shape index (κ3) is 8.77. The monoisotopic (exact) mass is 352 g/mol. The van der Waals surface area contributed by atoms with Crippen LogP contribution in [0, 0.1) is 0 Å². The van der Waals surface area contributed by atoms with Crippen LogP contribution in [0.2, 0.25) is 0 Å². The number of methoxy groups -OCH3 is 1. The van der Waals surface area contributed by atoms with E-state index in [0.717, 1.165) is 38.5 Å². The highest BCUT2D eigenvalue weighted by Crippen LogP contribution is 2.28. The number of aliphatic hydroxyl groups excluding tert-OH is 1. The van der Waals surface area contributed by atoms with Crippen molar-refractivity contribution in [2.75, 3.05) is 26.9 Å². The highest BCUT2D eigenvalue weighted by Gasteiger charge is 2.12. The Hall–Kier alpha value is -1.75. The normalized spacial score (nSPS) is 10.5. The molecule has 1 rings (SSSR count). The van der Waals surface area contributed by atoms with Crippen LogP contribution in [-0.2, 0) is 4.74 Å². The molecule has 0 amide bonds. The first-order valence-corrected chi connectivity index (χ1v) is 9.31. The molecule has 1 aromatic carbocycles. The number of ether oxygens (including phenoxy) is 3. The molecule has 0 aromatic heterocycles. The molecule has 0 aliphatic rings. The SMILES string of the molecule is CCCCCCOc1ccc(C(=O)OCCCCCCO)cc1OC. The van der Waals surface area contributed by atoms with Crippen molar-refractivity contribution in [1.29, 1.82) is 0 Å². The third-order valence-corrected chi connectivity index (χ3v) is 3.94. The minimum absolute atomic E-state index is 0.215. The van der Waals surface area contributed by atoms with Gasteiger partial charge in [0, 0.05) is 6.61 Å². The molecule has 5 heteroatoms. The van der Waals surface area contributed by atoms with Gasteiger partial charge >= 0.3 is 5.97 Å². The van der Waals surface area contributed by atoms with Gasteiger partial charge in [0.15, 0.2) is 11.5 Å². The number of benzene rings is 1. The Bertz CT molecular complexity index is 487. The maximum Gasteiger partial charge on any atom is 0.338 e. The van der Waals surface area contributed by atoms with Crippen LogP contribution >= 0.6 is 0 Å². The van der Waals surface area contributed by atoms with E-state index in [4.69, 9.17) is 19.3 Å². The summed E-state index contributed by atoms with van der Waals surface area (Å²) in [6.45, 7) is 3.43. The number of hydrogen-bond acceptors (Lipinski definition) is 5. The smallest absolute Gasteiger partial charge is 0.338 e. The maximum atomic E-state index is 12.1. The summed E-state index contributed by atoms with van der Waals surface area (Å²) in [7, 11) is 1.57. The van der Waals surface area contributed by atoms with Crippen molar-refractivity contribution in [3.05, 3.63) is 23.8 Å². The largest absolute Gasteiger partial charge is 0.493 e. The van der Waals surface area contributed by atoms with Crippen molar-refractivity contribution >= 4 is 5.97 Å². The predicted octanol–water partition coefficient (Wildman–Crippen LogP) is 4.36. The number of rotatable bonds is 14. The molecule has 5 nitrogen and oxygen atoms in total. The summed E-state index contributed by atoms with van der Waals surface area (Å²) < 4.78 is 16.4. The summed E-state index contributed by atoms with van der Waals surface area (Å²) in [4.78, 5) is 12.1. The predicted molar refractivity (Wildman–Crippen MR) is 98.5 cm³/mol. The van der Waals surface area contributed by atoms with E-state index in [1.54, 1.807) is 25.3 Å². The maximum absolute atomic E-state index is 12.1. The summed E-state index contributed by atoms with van der Waals surface area (Å²) in [5.41, 5.74) is 0.463. The molecule has 0 saturated carbocycles. The van der Waals surface area contributed by atoms with Gasteiger partial charge in [-0.1, -0.05) is 32.6 Å². The minimum Gasteiger partial charge on any atom is -0.493 e. The van der Waals surface area contributed by atoms with Gasteiger partial charge < -0.3 is 19.3 Å². The van der Waals surface area contributed by atoms with Crippen molar-refractivity contribution in [3.8, 4) is 11.5 Å². The zero-order valence-corrected chi connectivity index (χ0v) is 15.6. The molecule has 0 radical (unpaired) electrons. The zero-order chi connectivity index (χ0) is 18.3. The Morgan fingerprint density at radius 1 is 0.960 bits per heavy atom. The van der Waals surface area contributed by atoms with Gasteiger partial charge in [-0.05, 0) is 43.9 Å². The average Bonchev–Trinajstić information content (AvgIpc) is 2.64. The van der Waals surface area contributed by atoms with Gasteiger partial charge in [0.25, 0.3) is 0 Å². The lowest BCUT2D eigenvalue weighted by molar-refractivity contribution is 0.0496. The van der Waals surface area contributed by atoms with Gasteiger partial charge in [0.1, 0.15) is 0 Å². The third-order valence-electron chi connectivity index (χ3n) is 3.94. The van der Waals surface area contributed by atoms with Gasteiger partial charge in [-0.15, -0.1) is 0 Å². The second-order valence-electron chi connectivity index (χ2n) is 6.05. The second kappa shape index (κ2) is 13.5. The Morgan fingerprint density at radius 3 is 2.40 bits per heavy atom. The number of hydrogen-bond donors (Lipinski definition) is 1. The Labute approximate surface area is 151 Å². The van der Waals surface area contributed by atoms with E-state index in [0.29, 0.717) is 30.3 Å². The van der Waals surface area contributed by atoms with Gasteiger partial charge in [-0.25, -0.2) is 4.79 Å². The molecule has 0 aliphatic carbocycles. The van der Waals surface area contributed by atoms with Crippen LogP contribution in [0.3, 0.4) is 0 Å². The molecule has 0 fully saturated rings. The number of carbonyl (C=O) groups excluding carboxylic acids is 1. The van der Waals surface area contributed by atoms with E-state index in [1.807, 2.05) is 0 Å². The standard InChI is InChI=1S/C20H32O5/c1-3-4-5-9-14-24-18-12-11-17(16-19(18)23-2)20(22)25-15-10-7-6-8-13-21/h11-12,16,21H,3-10,13-15H2,1-2H3. The second-order valence-corrected chi connectivity index (χ2v) is 6.05. The molecule has 1 N–H and O–H groups in total. The van der Waals surface area contributed by atoms with Crippen LogP contribution in [0.15, 0.2) is 18.2 Å². The average molecular weight is 352 g/mol. The van der Waals surface area contributed by atoms with Crippen LogP contribution in [0.25, 0.3) is 0 Å². The number of unbranched alkanes of at least 4 members (excludes halogenated alkanes) is 6. The van der Waals surface area contributed by atoms with Crippen molar-refractivity contribution in [1.82, 2.24) is 0 Å². The highest BCUT2D eigenvalue weighted by molar-refractivity contribution is 5.90. The molecule has 142 valence electrons. The van der Waals surface area contributed by atoms with Gasteiger partial charge in [0.2, 0.25) is 0 Å². The zero-order valence-electron chi connectivity index (χ0n) is 15.6. The van der Waals surface area contributed by atoms with Crippen LogP contribution in [-0.4, -0.2) is 38.0 Å². The van der Waals surface area contributed by atoms with E-state index in [2.05, 4.69) is 6.92 Å². The molecule has 0 heterocycles. The lowest BCUT2D eigenvalue weighted by atomic mass is 10.2. The molecule has 25 heavy (non-hydrogen) atoms. The quantitative estimate of drug-likeness (QED) is 0.398. The lowest BCUT2D eigenvalue weighted by Crippen LogP contribution is -2.07. The van der Waals surface area contributed by atoms with Crippen molar-refractivity contribution in [2.45, 2.75) is 58.3 Å². The van der Waals surface area contributed by atoms with Gasteiger partial charge in [-0.2, -0.15) is 0 Å². The van der Waals surface area contributed by atoms with Crippen molar-refractivity contribution in [2.24, 2.45) is 0 Å². The fourth-order valence-electron chi connectivity index (χ4n) is 2.44. The van der Waals surface area contributed by atoms with Crippen LogP contribution < -0.4 is 9.47 Å². The number of esters is 1. The van der Waals surface area contributed by atoms with E-state index in [9.17, 15) is 4.79 Å². The number of carbonyl (C=O) groups is 1. The van der Waals surface area contributed by atoms with Gasteiger partial charge in [0.05, 0.1) is 25.9 Å². The first-order chi connectivity index (χ1) is 12.2. The molecule has 1 aromatic rings. The molecule has 0 spiro atoms. The van der Waals surface area contributed by atoms with E-state index in [1.165, 1.54) is 12.8 Å². The Kier molecular flexibility index (Phi) is 11.5. The van der Waals surface area contributed by atoms with Crippen LogP contribution in [0.1, 0.15) is 68.6 Å². The molecular formula is C20H32O5. The number of aliphatic hydroxyl groups is 1. The Balaban J connectivity index is 2.43. The van der Waals surface area contributed by atoms with Crippen molar-refractivity contribution in [3.63, 3.8) is 0 Å². The first kappa shape index (κ1) is 21.3. The van der Waals surface area contributed by atoms with E-state index in [-0.39, 0.29) is 12.6 Å². The molecule has 0 atom stereocenters.